The first kappa shape index (κ1) is 19.8. The number of methoxy groups -OCH3 is 1. The highest BCUT2D eigenvalue weighted by atomic mass is 16.5. The molecule has 5 aromatic rings. The Kier molecular flexibility index (Phi) is 5.25. The lowest BCUT2D eigenvalue weighted by Crippen LogP contribution is -2.35. The first-order valence-electron chi connectivity index (χ1n) is 10.4. The van der Waals surface area contributed by atoms with Gasteiger partial charge in [0.25, 0.3) is 6.33 Å². The van der Waals surface area contributed by atoms with Gasteiger partial charge in [-0.25, -0.2) is 4.57 Å². The lowest BCUT2D eigenvalue weighted by atomic mass is 10.1. The van der Waals surface area contributed by atoms with Crippen LogP contribution in [-0.2, 0) is 13.1 Å². The van der Waals surface area contributed by atoms with Crippen molar-refractivity contribution < 1.29 is 18.5 Å². The van der Waals surface area contributed by atoms with Gasteiger partial charge >= 0.3 is 0 Å². The van der Waals surface area contributed by atoms with Gasteiger partial charge in [-0.1, -0.05) is 48.5 Å². The Morgan fingerprint density at radius 3 is 2.53 bits per heavy atom. The van der Waals surface area contributed by atoms with Gasteiger partial charge in [-0.2, -0.15) is 0 Å². The van der Waals surface area contributed by atoms with E-state index in [-0.39, 0.29) is 12.3 Å². The van der Waals surface area contributed by atoms with E-state index in [9.17, 15) is 4.79 Å². The molecule has 6 heteroatoms. The molecule has 0 aliphatic carbocycles. The quantitative estimate of drug-likeness (QED) is 0.285. The van der Waals surface area contributed by atoms with Gasteiger partial charge in [0.1, 0.15) is 30.2 Å². The minimum absolute atomic E-state index is 0.0101. The Labute approximate surface area is 185 Å². The third-order valence-electron chi connectivity index (χ3n) is 5.42. The van der Waals surface area contributed by atoms with E-state index >= 15 is 0 Å². The molecular formula is C26H22N3O3+. The largest absolute Gasteiger partial charge is 0.497 e. The molecule has 0 atom stereocenters. The fourth-order valence-electron chi connectivity index (χ4n) is 3.80. The summed E-state index contributed by atoms with van der Waals surface area (Å²) in [5, 5.41) is 5.53. The van der Waals surface area contributed by atoms with Gasteiger partial charge in [-0.3, -0.25) is 4.79 Å². The van der Waals surface area contributed by atoms with E-state index in [1.54, 1.807) is 42.3 Å². The van der Waals surface area contributed by atoms with Crippen molar-refractivity contribution in [3.8, 4) is 17.1 Å². The van der Waals surface area contributed by atoms with E-state index in [0.717, 1.165) is 33.6 Å². The Bertz CT molecular complexity index is 1370. The molecule has 0 fully saturated rings. The SMILES string of the molecule is COc1ccc(C(=O)C[n+]2cnn(Cc3c(-c4ccccc4)oc4ccccc34)c2)cc1. The number of Topliss-reactive ketones (excluding diaryl/α,β-unsaturated/α-hetero) is 1. The predicted molar refractivity (Wildman–Crippen MR) is 120 cm³/mol. The number of hydrogen-bond acceptors (Lipinski definition) is 4. The summed E-state index contributed by atoms with van der Waals surface area (Å²) >= 11 is 0. The highest BCUT2D eigenvalue weighted by Crippen LogP contribution is 2.33. The van der Waals surface area contributed by atoms with Crippen LogP contribution >= 0.6 is 0 Å². The molecule has 0 bridgehead atoms. The van der Waals surface area contributed by atoms with Crippen molar-refractivity contribution >= 4 is 16.8 Å². The van der Waals surface area contributed by atoms with Crippen LogP contribution in [-0.4, -0.2) is 22.7 Å². The maximum Gasteiger partial charge on any atom is 0.265 e. The standard InChI is InChI=1S/C26H22N3O3/c1-31-21-13-11-19(12-14-21)24(30)16-28-17-27-29(18-28)15-23-22-9-5-6-10-25(22)32-26(23)20-7-3-2-4-8-20/h2-14,17-18H,15-16H2,1H3/q+1. The van der Waals surface area contributed by atoms with Crippen molar-refractivity contribution in [1.82, 2.24) is 9.78 Å². The topological polar surface area (TPSA) is 61.1 Å². The van der Waals surface area contributed by atoms with Crippen LogP contribution in [0.1, 0.15) is 15.9 Å². The maximum absolute atomic E-state index is 12.6. The number of benzene rings is 3. The number of rotatable bonds is 7. The molecule has 32 heavy (non-hydrogen) atoms. The molecule has 2 heterocycles. The first-order valence-corrected chi connectivity index (χ1v) is 10.4. The van der Waals surface area contributed by atoms with Crippen molar-refractivity contribution in [2.45, 2.75) is 13.1 Å². The molecule has 0 radical (unpaired) electrons. The van der Waals surface area contributed by atoms with Gasteiger partial charge < -0.3 is 9.15 Å². The number of carbonyl (C=O) groups excluding carboxylic acids is 1. The molecule has 0 aliphatic heterocycles. The third-order valence-corrected chi connectivity index (χ3v) is 5.42. The van der Waals surface area contributed by atoms with Crippen molar-refractivity contribution in [1.29, 1.82) is 0 Å². The van der Waals surface area contributed by atoms with E-state index in [0.29, 0.717) is 12.1 Å². The molecular weight excluding hydrogens is 402 g/mol. The molecule has 2 aromatic heterocycles. The number of ketones is 1. The molecule has 158 valence electrons. The number of aromatic nitrogens is 3. The van der Waals surface area contributed by atoms with E-state index < -0.39 is 0 Å². The van der Waals surface area contributed by atoms with Crippen molar-refractivity contribution in [2.24, 2.45) is 0 Å². The summed E-state index contributed by atoms with van der Waals surface area (Å²) in [7, 11) is 1.60. The zero-order valence-corrected chi connectivity index (χ0v) is 17.6. The fraction of sp³-hybridized carbons (Fsp3) is 0.115. The molecule has 0 spiro atoms. The summed E-state index contributed by atoms with van der Waals surface area (Å²) in [4.78, 5) is 12.6. The first-order chi connectivity index (χ1) is 15.7. The fourth-order valence-corrected chi connectivity index (χ4v) is 3.80. The zero-order valence-electron chi connectivity index (χ0n) is 17.6. The molecule has 0 saturated heterocycles. The number of carbonyl (C=O) groups is 1. The molecule has 0 aliphatic rings. The molecule has 0 N–H and O–H groups in total. The van der Waals surface area contributed by atoms with Crippen LogP contribution in [0.4, 0.5) is 0 Å². The highest BCUT2D eigenvalue weighted by molar-refractivity contribution is 5.95. The molecule has 0 amide bonds. The van der Waals surface area contributed by atoms with Gasteiger partial charge in [0.05, 0.1) is 7.11 Å². The van der Waals surface area contributed by atoms with Crippen molar-refractivity contribution in [2.75, 3.05) is 7.11 Å². The monoisotopic (exact) mass is 424 g/mol. The summed E-state index contributed by atoms with van der Waals surface area (Å²) in [6.07, 6.45) is 3.52. The number of para-hydroxylation sites is 1. The molecule has 0 unspecified atom stereocenters. The van der Waals surface area contributed by atoms with Crippen LogP contribution < -0.4 is 9.30 Å². The number of hydrogen-bond donors (Lipinski definition) is 0. The van der Waals surface area contributed by atoms with Crippen LogP contribution in [0.15, 0.2) is 95.9 Å². The number of nitrogens with zero attached hydrogens (tertiary/aromatic N) is 3. The second kappa shape index (κ2) is 8.51. The van der Waals surface area contributed by atoms with Crippen LogP contribution in [0.25, 0.3) is 22.3 Å². The molecule has 6 nitrogen and oxygen atoms in total. The van der Waals surface area contributed by atoms with Gasteiger partial charge in [-0.15, -0.1) is 4.68 Å². The summed E-state index contributed by atoms with van der Waals surface area (Å²) in [5.74, 6) is 1.57. The summed E-state index contributed by atoms with van der Waals surface area (Å²) in [6, 6.07) is 25.2. The van der Waals surface area contributed by atoms with E-state index in [1.165, 1.54) is 0 Å². The smallest absolute Gasteiger partial charge is 0.265 e. The van der Waals surface area contributed by atoms with Gasteiger partial charge in [0.15, 0.2) is 5.78 Å². The van der Waals surface area contributed by atoms with Gasteiger partial charge in [-0.05, 0) is 30.3 Å². The zero-order chi connectivity index (χ0) is 21.9. The molecule has 3 aromatic carbocycles. The van der Waals surface area contributed by atoms with Crippen molar-refractivity contribution in [3.63, 3.8) is 0 Å². The van der Waals surface area contributed by atoms with Crippen LogP contribution in [0.3, 0.4) is 0 Å². The van der Waals surface area contributed by atoms with Crippen LogP contribution in [0.5, 0.6) is 5.75 Å². The summed E-state index contributed by atoms with van der Waals surface area (Å²) in [6.45, 7) is 0.745. The van der Waals surface area contributed by atoms with Gasteiger partial charge in [0, 0.05) is 27.2 Å². The minimum atomic E-state index is 0.0101. The lowest BCUT2D eigenvalue weighted by molar-refractivity contribution is -0.683. The van der Waals surface area contributed by atoms with Crippen molar-refractivity contribution in [3.05, 3.63) is 103 Å². The maximum atomic E-state index is 12.6. The molecule has 0 saturated carbocycles. The minimum Gasteiger partial charge on any atom is -0.497 e. The lowest BCUT2D eigenvalue weighted by Gasteiger charge is -2.02. The van der Waals surface area contributed by atoms with Crippen LogP contribution in [0.2, 0.25) is 0 Å². The average Bonchev–Trinajstić information content (AvgIpc) is 3.44. The number of ether oxygens (including phenoxy) is 1. The Morgan fingerprint density at radius 1 is 1.00 bits per heavy atom. The third kappa shape index (κ3) is 3.90. The van der Waals surface area contributed by atoms with E-state index in [4.69, 9.17) is 9.15 Å². The summed E-state index contributed by atoms with van der Waals surface area (Å²) in [5.41, 5.74) is 3.56. The normalized spacial score (nSPS) is 11.0. The Hall–Kier alpha value is -4.19. The number of furan rings is 1. The van der Waals surface area contributed by atoms with Gasteiger partial charge in [0.2, 0.25) is 6.33 Å². The van der Waals surface area contributed by atoms with Crippen LogP contribution in [0, 0.1) is 0 Å². The average molecular weight is 424 g/mol. The van der Waals surface area contributed by atoms with E-state index in [2.05, 4.69) is 11.2 Å². The summed E-state index contributed by atoms with van der Waals surface area (Å²) < 4.78 is 15.0. The Balaban J connectivity index is 1.40. The second-order valence-electron chi connectivity index (χ2n) is 7.54. The number of fused-ring (bicyclic) bond motifs is 1. The Morgan fingerprint density at radius 2 is 1.75 bits per heavy atom. The highest BCUT2D eigenvalue weighted by Gasteiger charge is 2.20. The molecule has 5 rings (SSSR count). The van der Waals surface area contributed by atoms with E-state index in [1.807, 2.05) is 59.5 Å². The second-order valence-corrected chi connectivity index (χ2v) is 7.54. The predicted octanol–water partition coefficient (Wildman–Crippen LogP) is 4.52.